The highest BCUT2D eigenvalue weighted by Gasteiger charge is 2.26. The smallest absolute Gasteiger partial charge is 0.328 e. The standard InChI is InChI=1S/C11H11FN2O2S/c12-7-1-3-8(4-2-7)13-11(17)14-9-5-6-16-10(9)15/h1-4,9H,5-6H2,(H2,13,14,17)/t9-/m0/s1. The van der Waals surface area contributed by atoms with E-state index in [1.807, 2.05) is 0 Å². The van der Waals surface area contributed by atoms with Crippen molar-refractivity contribution in [3.63, 3.8) is 0 Å². The normalized spacial score (nSPS) is 18.6. The van der Waals surface area contributed by atoms with Crippen LogP contribution in [0.3, 0.4) is 0 Å². The molecular weight excluding hydrogens is 243 g/mol. The van der Waals surface area contributed by atoms with E-state index in [1.54, 1.807) is 12.1 Å². The lowest BCUT2D eigenvalue weighted by Crippen LogP contribution is -2.40. The van der Waals surface area contributed by atoms with Crippen molar-refractivity contribution in [1.82, 2.24) is 5.32 Å². The first-order chi connectivity index (χ1) is 8.15. The van der Waals surface area contributed by atoms with E-state index in [1.165, 1.54) is 12.1 Å². The molecule has 2 rings (SSSR count). The fourth-order valence-electron chi connectivity index (χ4n) is 1.49. The van der Waals surface area contributed by atoms with Crippen molar-refractivity contribution < 1.29 is 13.9 Å². The molecule has 1 atom stereocenters. The maximum absolute atomic E-state index is 12.7. The van der Waals surface area contributed by atoms with Crippen molar-refractivity contribution in [2.24, 2.45) is 0 Å². The number of anilines is 1. The highest BCUT2D eigenvalue weighted by Crippen LogP contribution is 2.09. The summed E-state index contributed by atoms with van der Waals surface area (Å²) in [6.45, 7) is 0.412. The molecule has 1 heterocycles. The third-order valence-electron chi connectivity index (χ3n) is 2.34. The van der Waals surface area contributed by atoms with Gasteiger partial charge in [0.2, 0.25) is 0 Å². The number of halogens is 1. The van der Waals surface area contributed by atoms with Crippen LogP contribution in [-0.2, 0) is 9.53 Å². The number of carbonyl (C=O) groups excluding carboxylic acids is 1. The summed E-state index contributed by atoms with van der Waals surface area (Å²) in [7, 11) is 0. The second kappa shape index (κ2) is 5.09. The zero-order chi connectivity index (χ0) is 12.3. The maximum atomic E-state index is 12.7. The van der Waals surface area contributed by atoms with Crippen LogP contribution in [-0.4, -0.2) is 23.7 Å². The van der Waals surface area contributed by atoms with Crippen LogP contribution in [0.15, 0.2) is 24.3 Å². The molecule has 0 radical (unpaired) electrons. The Hall–Kier alpha value is -1.69. The average Bonchev–Trinajstić information content (AvgIpc) is 2.68. The monoisotopic (exact) mass is 254 g/mol. The molecule has 6 heteroatoms. The number of benzene rings is 1. The third-order valence-corrected chi connectivity index (χ3v) is 2.56. The molecule has 1 aliphatic heterocycles. The lowest BCUT2D eigenvalue weighted by Gasteiger charge is -2.13. The molecule has 0 saturated carbocycles. The summed E-state index contributed by atoms with van der Waals surface area (Å²) >= 11 is 5.03. The molecule has 2 N–H and O–H groups in total. The minimum atomic E-state index is -0.393. The number of ether oxygens (including phenoxy) is 1. The number of hydrogen-bond acceptors (Lipinski definition) is 3. The van der Waals surface area contributed by atoms with Crippen LogP contribution in [0.5, 0.6) is 0 Å². The number of carbonyl (C=O) groups is 1. The summed E-state index contributed by atoms with van der Waals surface area (Å²) < 4.78 is 17.5. The predicted molar refractivity (Wildman–Crippen MR) is 65.1 cm³/mol. The Morgan fingerprint density at radius 1 is 1.41 bits per heavy atom. The van der Waals surface area contributed by atoms with Gasteiger partial charge in [-0.1, -0.05) is 0 Å². The van der Waals surface area contributed by atoms with Crippen LogP contribution in [0.1, 0.15) is 6.42 Å². The number of cyclic esters (lactones) is 1. The van der Waals surface area contributed by atoms with Gasteiger partial charge in [0.05, 0.1) is 6.61 Å². The van der Waals surface area contributed by atoms with E-state index in [0.29, 0.717) is 23.8 Å². The van der Waals surface area contributed by atoms with Gasteiger partial charge in [-0.25, -0.2) is 9.18 Å². The first kappa shape index (κ1) is 11.8. The summed E-state index contributed by atoms with van der Waals surface area (Å²) in [6, 6.07) is 5.39. The highest BCUT2D eigenvalue weighted by atomic mass is 32.1. The number of rotatable bonds is 2. The van der Waals surface area contributed by atoms with Crippen LogP contribution in [0.4, 0.5) is 10.1 Å². The number of nitrogens with one attached hydrogen (secondary N) is 2. The summed E-state index contributed by atoms with van der Waals surface area (Å²) in [4.78, 5) is 11.2. The van der Waals surface area contributed by atoms with Crippen molar-refractivity contribution in [2.75, 3.05) is 11.9 Å². The molecule has 1 saturated heterocycles. The molecular formula is C11H11FN2O2S. The molecule has 1 aliphatic rings. The zero-order valence-corrected chi connectivity index (χ0v) is 9.72. The lowest BCUT2D eigenvalue weighted by molar-refractivity contribution is -0.139. The second-order valence-electron chi connectivity index (χ2n) is 3.61. The summed E-state index contributed by atoms with van der Waals surface area (Å²) in [6.07, 6.45) is 0.601. The first-order valence-corrected chi connectivity index (χ1v) is 5.56. The van der Waals surface area contributed by atoms with Crippen molar-refractivity contribution in [2.45, 2.75) is 12.5 Å². The largest absolute Gasteiger partial charge is 0.464 e. The van der Waals surface area contributed by atoms with Crippen LogP contribution >= 0.6 is 12.2 Å². The fraction of sp³-hybridized carbons (Fsp3) is 0.273. The van der Waals surface area contributed by atoms with Crippen LogP contribution in [0.25, 0.3) is 0 Å². The fourth-order valence-corrected chi connectivity index (χ4v) is 1.75. The van der Waals surface area contributed by atoms with E-state index in [9.17, 15) is 9.18 Å². The average molecular weight is 254 g/mol. The van der Waals surface area contributed by atoms with Gasteiger partial charge < -0.3 is 15.4 Å². The minimum Gasteiger partial charge on any atom is -0.464 e. The van der Waals surface area contributed by atoms with Gasteiger partial charge in [0.25, 0.3) is 0 Å². The van der Waals surface area contributed by atoms with Crippen molar-refractivity contribution in [3.8, 4) is 0 Å². The zero-order valence-electron chi connectivity index (χ0n) is 8.90. The van der Waals surface area contributed by atoms with E-state index in [0.717, 1.165) is 0 Å². The van der Waals surface area contributed by atoms with Gasteiger partial charge in [-0.3, -0.25) is 0 Å². The summed E-state index contributed by atoms with van der Waals surface area (Å²) in [5, 5.41) is 6.03. The molecule has 0 spiro atoms. The van der Waals surface area contributed by atoms with Gasteiger partial charge in [-0.2, -0.15) is 0 Å². The van der Waals surface area contributed by atoms with E-state index in [4.69, 9.17) is 17.0 Å². The SMILES string of the molecule is O=C1OCC[C@@H]1NC(=S)Nc1ccc(F)cc1. The molecule has 4 nitrogen and oxygen atoms in total. The molecule has 0 amide bonds. The van der Waals surface area contributed by atoms with Gasteiger partial charge in [0, 0.05) is 12.1 Å². The topological polar surface area (TPSA) is 50.4 Å². The number of hydrogen-bond donors (Lipinski definition) is 2. The van der Waals surface area contributed by atoms with Gasteiger partial charge >= 0.3 is 5.97 Å². The lowest BCUT2D eigenvalue weighted by atomic mass is 10.2. The second-order valence-corrected chi connectivity index (χ2v) is 4.02. The molecule has 0 aliphatic carbocycles. The van der Waals surface area contributed by atoms with Gasteiger partial charge in [0.1, 0.15) is 11.9 Å². The van der Waals surface area contributed by atoms with Crippen LogP contribution < -0.4 is 10.6 Å². The molecule has 17 heavy (non-hydrogen) atoms. The molecule has 90 valence electrons. The number of esters is 1. The van der Waals surface area contributed by atoms with Gasteiger partial charge in [-0.05, 0) is 36.5 Å². The Morgan fingerprint density at radius 3 is 2.71 bits per heavy atom. The Balaban J connectivity index is 1.88. The Labute approximate surface area is 103 Å². The quantitative estimate of drug-likeness (QED) is 0.617. The van der Waals surface area contributed by atoms with E-state index in [2.05, 4.69) is 10.6 Å². The molecule has 0 aromatic heterocycles. The van der Waals surface area contributed by atoms with Gasteiger partial charge in [-0.15, -0.1) is 0 Å². The number of thiocarbonyl (C=S) groups is 1. The van der Waals surface area contributed by atoms with E-state index >= 15 is 0 Å². The molecule has 0 bridgehead atoms. The van der Waals surface area contributed by atoms with Crippen molar-refractivity contribution in [1.29, 1.82) is 0 Å². The molecule has 1 fully saturated rings. The first-order valence-electron chi connectivity index (χ1n) is 5.15. The van der Waals surface area contributed by atoms with E-state index < -0.39 is 6.04 Å². The van der Waals surface area contributed by atoms with E-state index in [-0.39, 0.29) is 11.8 Å². The van der Waals surface area contributed by atoms with Gasteiger partial charge in [0.15, 0.2) is 5.11 Å². The third kappa shape index (κ3) is 3.13. The summed E-state index contributed by atoms with van der Waals surface area (Å²) in [5.41, 5.74) is 0.662. The van der Waals surface area contributed by atoms with Crippen molar-refractivity contribution in [3.05, 3.63) is 30.1 Å². The maximum Gasteiger partial charge on any atom is 0.328 e. The Bertz CT molecular complexity index is 436. The van der Waals surface area contributed by atoms with Crippen molar-refractivity contribution >= 4 is 29.0 Å². The van der Waals surface area contributed by atoms with Crippen LogP contribution in [0.2, 0.25) is 0 Å². The Kier molecular flexibility index (Phi) is 3.53. The highest BCUT2D eigenvalue weighted by molar-refractivity contribution is 7.80. The molecule has 1 aromatic rings. The molecule has 1 aromatic carbocycles. The molecule has 0 unspecified atom stereocenters. The predicted octanol–water partition coefficient (Wildman–Crippen LogP) is 1.43. The Morgan fingerprint density at radius 2 is 2.12 bits per heavy atom. The minimum absolute atomic E-state index is 0.298. The van der Waals surface area contributed by atoms with Crippen LogP contribution in [0, 0.1) is 5.82 Å². The summed E-state index contributed by atoms with van der Waals surface area (Å²) in [5.74, 6) is -0.609.